The number of ketones is 1. The number of hydrogen-bond acceptors (Lipinski definition) is 2. The Morgan fingerprint density at radius 3 is 2.65 bits per heavy atom. The van der Waals surface area contributed by atoms with Gasteiger partial charge in [-0.15, -0.1) is 0 Å². The molecular formula is C17H19NO2. The van der Waals surface area contributed by atoms with Crippen LogP contribution in [0.2, 0.25) is 0 Å². The molecule has 0 N–H and O–H groups in total. The molecule has 3 rings (SSSR count). The summed E-state index contributed by atoms with van der Waals surface area (Å²) in [6.07, 6.45) is 2.67. The molecule has 20 heavy (non-hydrogen) atoms. The van der Waals surface area contributed by atoms with Gasteiger partial charge in [0.1, 0.15) is 5.75 Å². The second kappa shape index (κ2) is 5.16. The quantitative estimate of drug-likeness (QED) is 0.855. The SMILES string of the molecule is COc1ccc(Cn2c(C)cc3c2CCCC3=O)cc1. The summed E-state index contributed by atoms with van der Waals surface area (Å²) in [5.41, 5.74) is 4.53. The maximum absolute atomic E-state index is 12.0. The predicted molar refractivity (Wildman–Crippen MR) is 78.5 cm³/mol. The van der Waals surface area contributed by atoms with E-state index in [1.165, 1.54) is 17.0 Å². The van der Waals surface area contributed by atoms with Crippen LogP contribution >= 0.6 is 0 Å². The van der Waals surface area contributed by atoms with Crippen molar-refractivity contribution in [2.24, 2.45) is 0 Å². The highest BCUT2D eigenvalue weighted by Gasteiger charge is 2.22. The van der Waals surface area contributed by atoms with Crippen molar-refractivity contribution in [3.8, 4) is 5.75 Å². The molecule has 0 saturated carbocycles. The molecule has 0 saturated heterocycles. The average molecular weight is 269 g/mol. The van der Waals surface area contributed by atoms with Crippen molar-refractivity contribution in [3.63, 3.8) is 0 Å². The molecule has 0 unspecified atom stereocenters. The first kappa shape index (κ1) is 13.0. The minimum absolute atomic E-state index is 0.294. The fourth-order valence-electron chi connectivity index (χ4n) is 2.92. The van der Waals surface area contributed by atoms with Crippen LogP contribution in [0.4, 0.5) is 0 Å². The molecule has 1 aliphatic carbocycles. The van der Waals surface area contributed by atoms with Gasteiger partial charge in [-0.2, -0.15) is 0 Å². The maximum atomic E-state index is 12.0. The number of carbonyl (C=O) groups is 1. The second-order valence-corrected chi connectivity index (χ2v) is 5.36. The van der Waals surface area contributed by atoms with Crippen molar-refractivity contribution in [1.82, 2.24) is 4.57 Å². The summed E-state index contributed by atoms with van der Waals surface area (Å²) in [4.78, 5) is 12.0. The molecule has 1 heterocycles. The maximum Gasteiger partial charge on any atom is 0.164 e. The zero-order valence-electron chi connectivity index (χ0n) is 12.0. The van der Waals surface area contributed by atoms with Gasteiger partial charge in [-0.1, -0.05) is 12.1 Å². The van der Waals surface area contributed by atoms with E-state index in [1.54, 1.807) is 7.11 Å². The summed E-state index contributed by atoms with van der Waals surface area (Å²) < 4.78 is 7.45. The zero-order chi connectivity index (χ0) is 14.1. The fourth-order valence-corrected chi connectivity index (χ4v) is 2.92. The summed E-state index contributed by atoms with van der Waals surface area (Å²) in [6, 6.07) is 10.2. The van der Waals surface area contributed by atoms with Gasteiger partial charge in [0, 0.05) is 29.9 Å². The number of rotatable bonds is 3. The monoisotopic (exact) mass is 269 g/mol. The van der Waals surface area contributed by atoms with Crippen LogP contribution in [-0.4, -0.2) is 17.5 Å². The molecule has 0 fully saturated rings. The number of hydrogen-bond donors (Lipinski definition) is 0. The minimum atomic E-state index is 0.294. The van der Waals surface area contributed by atoms with Gasteiger partial charge in [0.05, 0.1) is 7.11 Å². The van der Waals surface area contributed by atoms with Gasteiger partial charge < -0.3 is 9.30 Å². The largest absolute Gasteiger partial charge is 0.497 e. The van der Waals surface area contributed by atoms with Crippen molar-refractivity contribution in [2.75, 3.05) is 7.11 Å². The van der Waals surface area contributed by atoms with Crippen LogP contribution < -0.4 is 4.74 Å². The summed E-state index contributed by atoms with van der Waals surface area (Å²) in [7, 11) is 1.67. The second-order valence-electron chi connectivity index (χ2n) is 5.36. The molecule has 104 valence electrons. The molecule has 0 atom stereocenters. The summed E-state index contributed by atoms with van der Waals surface area (Å²) in [5, 5.41) is 0. The third kappa shape index (κ3) is 2.24. The topological polar surface area (TPSA) is 31.2 Å². The first-order valence-electron chi connectivity index (χ1n) is 7.04. The van der Waals surface area contributed by atoms with E-state index in [0.29, 0.717) is 12.2 Å². The Morgan fingerprint density at radius 2 is 1.95 bits per heavy atom. The van der Waals surface area contributed by atoms with Crippen LogP contribution in [-0.2, 0) is 13.0 Å². The van der Waals surface area contributed by atoms with Crippen LogP contribution in [0.5, 0.6) is 5.75 Å². The number of carbonyl (C=O) groups excluding carboxylic acids is 1. The summed E-state index contributed by atoms with van der Waals surface area (Å²) >= 11 is 0. The van der Waals surface area contributed by atoms with Crippen molar-refractivity contribution in [2.45, 2.75) is 32.7 Å². The van der Waals surface area contributed by atoms with Gasteiger partial charge in [-0.3, -0.25) is 4.79 Å². The van der Waals surface area contributed by atoms with Gasteiger partial charge in [0.15, 0.2) is 5.78 Å². The Labute approximate surface area is 119 Å². The minimum Gasteiger partial charge on any atom is -0.497 e. The average Bonchev–Trinajstić information content (AvgIpc) is 2.78. The standard InChI is InChI=1S/C17H19NO2/c1-12-10-15-16(4-3-5-17(15)19)18(12)11-13-6-8-14(20-2)9-7-13/h6-10H,3-5,11H2,1-2H3. The number of aryl methyl sites for hydroxylation is 1. The summed E-state index contributed by atoms with van der Waals surface area (Å²) in [6.45, 7) is 2.90. The number of benzene rings is 1. The molecule has 3 heteroatoms. The lowest BCUT2D eigenvalue weighted by atomic mass is 9.96. The molecule has 0 radical (unpaired) electrons. The Balaban J connectivity index is 1.92. The van der Waals surface area contributed by atoms with E-state index in [1.807, 2.05) is 18.2 Å². The zero-order valence-corrected chi connectivity index (χ0v) is 12.0. The third-order valence-corrected chi connectivity index (χ3v) is 4.03. The van der Waals surface area contributed by atoms with Crippen molar-refractivity contribution < 1.29 is 9.53 Å². The van der Waals surface area contributed by atoms with Crippen LogP contribution in [0.25, 0.3) is 0 Å². The highest BCUT2D eigenvalue weighted by atomic mass is 16.5. The van der Waals surface area contributed by atoms with E-state index < -0.39 is 0 Å². The number of methoxy groups -OCH3 is 1. The highest BCUT2D eigenvalue weighted by molar-refractivity contribution is 5.98. The Hall–Kier alpha value is -2.03. The van der Waals surface area contributed by atoms with Crippen molar-refractivity contribution in [1.29, 1.82) is 0 Å². The van der Waals surface area contributed by atoms with Gasteiger partial charge in [0.25, 0.3) is 0 Å². The van der Waals surface area contributed by atoms with E-state index in [-0.39, 0.29) is 0 Å². The predicted octanol–water partition coefficient (Wildman–Crippen LogP) is 3.37. The van der Waals surface area contributed by atoms with Crippen LogP contribution in [0, 0.1) is 6.92 Å². The molecular weight excluding hydrogens is 250 g/mol. The van der Waals surface area contributed by atoms with Crippen molar-refractivity contribution >= 4 is 5.78 Å². The lowest BCUT2D eigenvalue weighted by Gasteiger charge is -2.16. The number of aromatic nitrogens is 1. The van der Waals surface area contributed by atoms with E-state index in [0.717, 1.165) is 30.7 Å². The lowest BCUT2D eigenvalue weighted by molar-refractivity contribution is 0.0972. The fraction of sp³-hybridized carbons (Fsp3) is 0.353. The highest BCUT2D eigenvalue weighted by Crippen LogP contribution is 2.26. The van der Waals surface area contributed by atoms with Gasteiger partial charge in [0.2, 0.25) is 0 Å². The molecule has 0 spiro atoms. The number of nitrogens with zero attached hydrogens (tertiary/aromatic N) is 1. The third-order valence-electron chi connectivity index (χ3n) is 4.03. The van der Waals surface area contributed by atoms with Gasteiger partial charge in [-0.25, -0.2) is 0 Å². The van der Waals surface area contributed by atoms with Crippen LogP contribution in [0.15, 0.2) is 30.3 Å². The number of fused-ring (bicyclic) bond motifs is 1. The van der Waals surface area contributed by atoms with E-state index in [9.17, 15) is 4.79 Å². The first-order chi connectivity index (χ1) is 9.69. The molecule has 1 aromatic carbocycles. The molecule has 0 aliphatic heterocycles. The van der Waals surface area contributed by atoms with E-state index in [4.69, 9.17) is 4.74 Å². The van der Waals surface area contributed by atoms with Gasteiger partial charge >= 0.3 is 0 Å². The molecule has 0 amide bonds. The lowest BCUT2D eigenvalue weighted by Crippen LogP contribution is -2.14. The Bertz CT molecular complexity index is 638. The number of Topliss-reactive ketones (excluding diaryl/α,β-unsaturated/α-hetero) is 1. The normalized spacial score (nSPS) is 14.2. The first-order valence-corrected chi connectivity index (χ1v) is 7.04. The van der Waals surface area contributed by atoms with Crippen LogP contribution in [0.3, 0.4) is 0 Å². The molecule has 3 nitrogen and oxygen atoms in total. The summed E-state index contributed by atoms with van der Waals surface area (Å²) in [5.74, 6) is 1.16. The smallest absolute Gasteiger partial charge is 0.164 e. The van der Waals surface area contributed by atoms with Crippen molar-refractivity contribution in [3.05, 3.63) is 52.8 Å². The Kier molecular flexibility index (Phi) is 3.35. The van der Waals surface area contributed by atoms with E-state index >= 15 is 0 Å². The molecule has 1 aliphatic rings. The van der Waals surface area contributed by atoms with E-state index in [2.05, 4.69) is 23.6 Å². The molecule has 2 aromatic rings. The number of ether oxygens (including phenoxy) is 1. The van der Waals surface area contributed by atoms with Gasteiger partial charge in [-0.05, 0) is 43.5 Å². The van der Waals surface area contributed by atoms with Crippen LogP contribution in [0.1, 0.15) is 40.2 Å². The molecule has 1 aromatic heterocycles. The Morgan fingerprint density at radius 1 is 1.20 bits per heavy atom. The molecule has 0 bridgehead atoms.